The average molecular weight is 282 g/mol. The molecular weight excluding hydrogens is 264 g/mol. The smallest absolute Gasteiger partial charge is 0.251 e. The first-order valence-electron chi connectivity index (χ1n) is 6.76. The largest absolute Gasteiger partial charge is 0.348 e. The Bertz CT molecular complexity index is 648. The van der Waals surface area contributed by atoms with Crippen molar-refractivity contribution >= 4 is 17.5 Å². The monoisotopic (exact) mass is 282 g/mol. The van der Waals surface area contributed by atoms with Crippen molar-refractivity contribution in [1.29, 1.82) is 0 Å². The Hall–Kier alpha value is -2.62. The van der Waals surface area contributed by atoms with Crippen LogP contribution < -0.4 is 10.6 Å². The second kappa shape index (κ2) is 6.70. The van der Waals surface area contributed by atoms with Crippen LogP contribution in [0.1, 0.15) is 28.4 Å². The van der Waals surface area contributed by atoms with Crippen molar-refractivity contribution in [1.82, 2.24) is 5.32 Å². The third-order valence-electron chi connectivity index (χ3n) is 3.00. The molecule has 2 rings (SSSR count). The zero-order valence-corrected chi connectivity index (χ0v) is 12.1. The molecule has 0 radical (unpaired) electrons. The third kappa shape index (κ3) is 4.45. The predicted octanol–water partition coefficient (Wildman–Crippen LogP) is 2.88. The van der Waals surface area contributed by atoms with E-state index in [1.54, 1.807) is 24.3 Å². The van der Waals surface area contributed by atoms with Crippen LogP contribution in [0, 0.1) is 6.92 Å². The molecule has 0 saturated heterocycles. The van der Waals surface area contributed by atoms with Crippen molar-refractivity contribution in [2.24, 2.45) is 0 Å². The third-order valence-corrected chi connectivity index (χ3v) is 3.00. The van der Waals surface area contributed by atoms with Gasteiger partial charge in [-0.2, -0.15) is 0 Å². The molecule has 0 aliphatic heterocycles. The molecular formula is C17H18N2O2. The molecule has 0 bridgehead atoms. The van der Waals surface area contributed by atoms with Crippen LogP contribution in [0.4, 0.5) is 5.69 Å². The maximum absolute atomic E-state index is 12.0. The maximum Gasteiger partial charge on any atom is 0.251 e. The number of nitrogens with one attached hydrogen (secondary N) is 2. The van der Waals surface area contributed by atoms with Gasteiger partial charge in [-0.25, -0.2) is 0 Å². The van der Waals surface area contributed by atoms with E-state index in [1.807, 2.05) is 31.2 Å². The van der Waals surface area contributed by atoms with Crippen molar-refractivity contribution in [3.63, 3.8) is 0 Å². The molecule has 4 heteroatoms. The Morgan fingerprint density at radius 2 is 1.76 bits per heavy atom. The summed E-state index contributed by atoms with van der Waals surface area (Å²) in [6, 6.07) is 14.8. The lowest BCUT2D eigenvalue weighted by molar-refractivity contribution is -0.114. The van der Waals surface area contributed by atoms with Gasteiger partial charge in [0.05, 0.1) is 0 Å². The van der Waals surface area contributed by atoms with Gasteiger partial charge in [0.1, 0.15) is 0 Å². The van der Waals surface area contributed by atoms with E-state index in [-0.39, 0.29) is 11.8 Å². The molecule has 2 aromatic carbocycles. The first kappa shape index (κ1) is 14.8. The molecule has 4 nitrogen and oxygen atoms in total. The number of hydrogen-bond acceptors (Lipinski definition) is 2. The topological polar surface area (TPSA) is 58.2 Å². The molecule has 2 amide bonds. The first-order valence-corrected chi connectivity index (χ1v) is 6.76. The minimum atomic E-state index is -0.133. The SMILES string of the molecule is CC(=O)Nc1ccc(C(=O)NCc2cccc(C)c2)cc1. The fraction of sp³-hybridized carbons (Fsp3) is 0.176. The summed E-state index contributed by atoms with van der Waals surface area (Å²) < 4.78 is 0. The molecule has 2 N–H and O–H groups in total. The number of rotatable bonds is 4. The van der Waals surface area contributed by atoms with Gasteiger partial charge in [0.2, 0.25) is 5.91 Å². The molecule has 0 heterocycles. The van der Waals surface area contributed by atoms with E-state index in [1.165, 1.54) is 12.5 Å². The Morgan fingerprint density at radius 3 is 2.38 bits per heavy atom. The van der Waals surface area contributed by atoms with Crippen LogP contribution >= 0.6 is 0 Å². The average Bonchev–Trinajstić information content (AvgIpc) is 2.45. The van der Waals surface area contributed by atoms with Crippen LogP contribution in [-0.2, 0) is 11.3 Å². The summed E-state index contributed by atoms with van der Waals surface area (Å²) in [7, 11) is 0. The van der Waals surface area contributed by atoms with Crippen LogP contribution in [0.2, 0.25) is 0 Å². The van der Waals surface area contributed by atoms with E-state index in [2.05, 4.69) is 10.6 Å². The van der Waals surface area contributed by atoms with Gasteiger partial charge in [0.15, 0.2) is 0 Å². The minimum absolute atomic E-state index is 0.133. The standard InChI is InChI=1S/C17H18N2O2/c1-12-4-3-5-14(10-12)11-18-17(21)15-6-8-16(9-7-15)19-13(2)20/h3-10H,11H2,1-2H3,(H,18,21)(H,19,20). The van der Waals surface area contributed by atoms with Gasteiger partial charge in [-0.15, -0.1) is 0 Å². The highest BCUT2D eigenvalue weighted by Gasteiger charge is 2.05. The van der Waals surface area contributed by atoms with Gasteiger partial charge in [0.25, 0.3) is 5.91 Å². The number of amides is 2. The fourth-order valence-electron chi connectivity index (χ4n) is 2.01. The Balaban J connectivity index is 1.95. The van der Waals surface area contributed by atoms with E-state index < -0.39 is 0 Å². The molecule has 0 aliphatic carbocycles. The molecule has 0 unspecified atom stereocenters. The van der Waals surface area contributed by atoms with E-state index in [0.717, 1.165) is 5.56 Å². The number of carbonyl (C=O) groups excluding carboxylic acids is 2. The molecule has 0 spiro atoms. The summed E-state index contributed by atoms with van der Waals surface area (Å²) in [4.78, 5) is 23.0. The highest BCUT2D eigenvalue weighted by Crippen LogP contribution is 2.10. The van der Waals surface area contributed by atoms with Gasteiger partial charge in [-0.3, -0.25) is 9.59 Å². The van der Waals surface area contributed by atoms with Crippen molar-refractivity contribution < 1.29 is 9.59 Å². The second-order valence-electron chi connectivity index (χ2n) is 4.93. The quantitative estimate of drug-likeness (QED) is 0.906. The van der Waals surface area contributed by atoms with Crippen molar-refractivity contribution in [2.75, 3.05) is 5.32 Å². The lowest BCUT2D eigenvalue weighted by atomic mass is 10.1. The van der Waals surface area contributed by atoms with Crippen LogP contribution in [0.5, 0.6) is 0 Å². The molecule has 2 aromatic rings. The molecule has 21 heavy (non-hydrogen) atoms. The number of anilines is 1. The minimum Gasteiger partial charge on any atom is -0.348 e. The van der Waals surface area contributed by atoms with E-state index in [4.69, 9.17) is 0 Å². The van der Waals surface area contributed by atoms with Crippen molar-refractivity contribution in [3.8, 4) is 0 Å². The summed E-state index contributed by atoms with van der Waals surface area (Å²) in [6.45, 7) is 3.96. The number of carbonyl (C=O) groups is 2. The van der Waals surface area contributed by atoms with Gasteiger partial charge in [-0.1, -0.05) is 29.8 Å². The van der Waals surface area contributed by atoms with Gasteiger partial charge >= 0.3 is 0 Å². The zero-order valence-electron chi connectivity index (χ0n) is 12.1. The molecule has 0 saturated carbocycles. The van der Waals surface area contributed by atoms with Gasteiger partial charge in [-0.05, 0) is 36.8 Å². The molecule has 0 aromatic heterocycles. The normalized spacial score (nSPS) is 10.0. The summed E-state index contributed by atoms with van der Waals surface area (Å²) in [5, 5.41) is 5.54. The van der Waals surface area contributed by atoms with Crippen LogP contribution in [0.15, 0.2) is 48.5 Å². The van der Waals surface area contributed by atoms with E-state index in [0.29, 0.717) is 17.8 Å². The highest BCUT2D eigenvalue weighted by atomic mass is 16.2. The molecule has 108 valence electrons. The lowest BCUT2D eigenvalue weighted by Crippen LogP contribution is -2.22. The van der Waals surface area contributed by atoms with Crippen LogP contribution in [-0.4, -0.2) is 11.8 Å². The second-order valence-corrected chi connectivity index (χ2v) is 4.93. The summed E-state index contributed by atoms with van der Waals surface area (Å²) in [5.74, 6) is -0.266. The molecule has 0 fully saturated rings. The highest BCUT2D eigenvalue weighted by molar-refractivity contribution is 5.95. The predicted molar refractivity (Wildman–Crippen MR) is 83.1 cm³/mol. The summed E-state index contributed by atoms with van der Waals surface area (Å²) >= 11 is 0. The number of aryl methyl sites for hydroxylation is 1. The van der Waals surface area contributed by atoms with Crippen molar-refractivity contribution in [3.05, 3.63) is 65.2 Å². The van der Waals surface area contributed by atoms with Crippen LogP contribution in [0.25, 0.3) is 0 Å². The van der Waals surface area contributed by atoms with E-state index in [9.17, 15) is 9.59 Å². The van der Waals surface area contributed by atoms with Gasteiger partial charge < -0.3 is 10.6 Å². The summed E-state index contributed by atoms with van der Waals surface area (Å²) in [6.07, 6.45) is 0. The Morgan fingerprint density at radius 1 is 1.05 bits per heavy atom. The van der Waals surface area contributed by atoms with Crippen LogP contribution in [0.3, 0.4) is 0 Å². The fourth-order valence-corrected chi connectivity index (χ4v) is 2.01. The maximum atomic E-state index is 12.0. The first-order chi connectivity index (χ1) is 10.0. The Labute approximate surface area is 124 Å². The Kier molecular flexibility index (Phi) is 4.72. The van der Waals surface area contributed by atoms with E-state index >= 15 is 0 Å². The van der Waals surface area contributed by atoms with Crippen molar-refractivity contribution in [2.45, 2.75) is 20.4 Å². The number of hydrogen-bond donors (Lipinski definition) is 2. The number of benzene rings is 2. The zero-order chi connectivity index (χ0) is 15.2. The summed E-state index contributed by atoms with van der Waals surface area (Å²) in [5.41, 5.74) is 3.48. The molecule has 0 atom stereocenters. The lowest BCUT2D eigenvalue weighted by Gasteiger charge is -2.07. The molecule has 0 aliphatic rings. The van der Waals surface area contributed by atoms with Gasteiger partial charge in [0, 0.05) is 24.7 Å².